The predicted molar refractivity (Wildman–Crippen MR) is 125 cm³/mol. The quantitative estimate of drug-likeness (QED) is 0.705. The van der Waals surface area contributed by atoms with Gasteiger partial charge in [0.05, 0.1) is 11.6 Å². The van der Waals surface area contributed by atoms with Gasteiger partial charge in [0, 0.05) is 49.4 Å². The zero-order valence-electron chi connectivity index (χ0n) is 18.9. The molecule has 2 heterocycles. The average Bonchev–Trinajstić information content (AvgIpc) is 3.08. The van der Waals surface area contributed by atoms with Gasteiger partial charge in [0.1, 0.15) is 18.3 Å². The Morgan fingerprint density at radius 3 is 2.53 bits per heavy atom. The number of aromatic nitrogens is 2. The molecule has 0 bridgehead atoms. The van der Waals surface area contributed by atoms with Crippen molar-refractivity contribution < 1.29 is 9.18 Å². The normalized spacial score (nSPS) is 21.7. The molecule has 1 amide bonds. The number of halogens is 2. The fourth-order valence-corrected chi connectivity index (χ4v) is 4.80. The molecule has 4 rings (SSSR count). The van der Waals surface area contributed by atoms with Crippen molar-refractivity contribution in [1.29, 1.82) is 0 Å². The standard InChI is InChI=1S/C24H31ClFN5O/c1-15(2)27-13-19(17-4-6-18(25)7-5-17)24(32)31-10-8-30(9-11-31)23-21-16(3)12-20(26)22(21)28-14-29-23/h4-7,14-16,19-20,27H,8-13H2,1-3H3/t16-,19?,20+/m1/s1. The van der Waals surface area contributed by atoms with Crippen molar-refractivity contribution in [2.75, 3.05) is 37.6 Å². The number of nitrogens with one attached hydrogen (secondary N) is 1. The highest BCUT2D eigenvalue weighted by atomic mass is 35.5. The zero-order chi connectivity index (χ0) is 22.8. The summed E-state index contributed by atoms with van der Waals surface area (Å²) in [6.07, 6.45) is 0.911. The SMILES string of the molecule is CC(C)NCC(C(=O)N1CCN(c2ncnc3c2[C@H](C)C[C@@H]3F)CC1)c1ccc(Cl)cc1. The van der Waals surface area contributed by atoms with E-state index >= 15 is 0 Å². The summed E-state index contributed by atoms with van der Waals surface area (Å²) in [4.78, 5) is 26.3. The van der Waals surface area contributed by atoms with E-state index in [2.05, 4.69) is 34.0 Å². The number of hydrogen-bond donors (Lipinski definition) is 1. The first-order valence-corrected chi connectivity index (χ1v) is 11.7. The van der Waals surface area contributed by atoms with Gasteiger partial charge < -0.3 is 15.1 Å². The van der Waals surface area contributed by atoms with Crippen molar-refractivity contribution in [1.82, 2.24) is 20.2 Å². The van der Waals surface area contributed by atoms with Crippen LogP contribution in [0, 0.1) is 0 Å². The first-order valence-electron chi connectivity index (χ1n) is 11.4. The van der Waals surface area contributed by atoms with Gasteiger partial charge in [-0.15, -0.1) is 0 Å². The molecular formula is C24H31ClFN5O. The maximum atomic E-state index is 14.3. The van der Waals surface area contributed by atoms with Crippen molar-refractivity contribution in [2.45, 2.75) is 51.2 Å². The van der Waals surface area contributed by atoms with Crippen LogP contribution in [-0.2, 0) is 4.79 Å². The summed E-state index contributed by atoms with van der Waals surface area (Å²) in [7, 11) is 0. The third kappa shape index (κ3) is 4.74. The third-order valence-corrected chi connectivity index (χ3v) is 6.69. The van der Waals surface area contributed by atoms with Crippen molar-refractivity contribution in [2.24, 2.45) is 0 Å². The fourth-order valence-electron chi connectivity index (χ4n) is 4.67. The highest BCUT2D eigenvalue weighted by Gasteiger charge is 2.35. The van der Waals surface area contributed by atoms with Crippen LogP contribution in [0.15, 0.2) is 30.6 Å². The van der Waals surface area contributed by atoms with Crippen molar-refractivity contribution in [3.05, 3.63) is 52.4 Å². The topological polar surface area (TPSA) is 61.4 Å². The summed E-state index contributed by atoms with van der Waals surface area (Å²) >= 11 is 6.06. The number of anilines is 1. The van der Waals surface area contributed by atoms with Crippen LogP contribution in [0.3, 0.4) is 0 Å². The summed E-state index contributed by atoms with van der Waals surface area (Å²) in [5.41, 5.74) is 2.43. The van der Waals surface area contributed by atoms with Crippen molar-refractivity contribution >= 4 is 23.3 Å². The predicted octanol–water partition coefficient (Wildman–Crippen LogP) is 4.08. The average molecular weight is 460 g/mol. The number of carbonyl (C=O) groups is 1. The van der Waals surface area contributed by atoms with E-state index < -0.39 is 6.17 Å². The monoisotopic (exact) mass is 459 g/mol. The minimum atomic E-state index is -1.02. The van der Waals surface area contributed by atoms with Crippen LogP contribution in [0.5, 0.6) is 0 Å². The van der Waals surface area contributed by atoms with Gasteiger partial charge in [-0.1, -0.05) is 44.5 Å². The Bertz CT molecular complexity index is 946. The third-order valence-electron chi connectivity index (χ3n) is 6.44. The maximum Gasteiger partial charge on any atom is 0.231 e. The van der Waals surface area contributed by atoms with Gasteiger partial charge in [-0.3, -0.25) is 4.79 Å². The Morgan fingerprint density at radius 1 is 1.19 bits per heavy atom. The first-order chi connectivity index (χ1) is 15.3. The molecule has 6 nitrogen and oxygen atoms in total. The Kier molecular flexibility index (Phi) is 6.96. The van der Waals surface area contributed by atoms with Gasteiger partial charge in [0.15, 0.2) is 0 Å². The van der Waals surface area contributed by atoms with Crippen LogP contribution >= 0.6 is 11.6 Å². The molecule has 1 saturated heterocycles. The molecule has 2 aliphatic rings. The van der Waals surface area contributed by atoms with Crippen molar-refractivity contribution in [3.8, 4) is 0 Å². The highest BCUT2D eigenvalue weighted by Crippen LogP contribution is 2.44. The number of fused-ring (bicyclic) bond motifs is 1. The van der Waals surface area contributed by atoms with Crippen LogP contribution in [-0.4, -0.2) is 59.5 Å². The fraction of sp³-hybridized carbons (Fsp3) is 0.542. The number of amides is 1. The van der Waals surface area contributed by atoms with Crippen LogP contribution < -0.4 is 10.2 Å². The van der Waals surface area contributed by atoms with Crippen molar-refractivity contribution in [3.63, 3.8) is 0 Å². The molecule has 2 aromatic rings. The van der Waals surface area contributed by atoms with E-state index in [1.165, 1.54) is 6.33 Å². The second-order valence-electron chi connectivity index (χ2n) is 9.08. The molecule has 1 N–H and O–H groups in total. The molecule has 1 aromatic carbocycles. The number of carbonyl (C=O) groups excluding carboxylic acids is 1. The van der Waals surface area contributed by atoms with Crippen LogP contribution in [0.1, 0.15) is 62.0 Å². The molecular weight excluding hydrogens is 429 g/mol. The van der Waals surface area contributed by atoms with E-state index in [0.717, 1.165) is 16.9 Å². The minimum Gasteiger partial charge on any atom is -0.353 e. The molecule has 1 unspecified atom stereocenters. The summed E-state index contributed by atoms with van der Waals surface area (Å²) in [5.74, 6) is 0.778. The van der Waals surface area contributed by atoms with E-state index in [4.69, 9.17) is 11.6 Å². The van der Waals surface area contributed by atoms with Crippen LogP contribution in [0.4, 0.5) is 10.2 Å². The largest absolute Gasteiger partial charge is 0.353 e. The highest BCUT2D eigenvalue weighted by molar-refractivity contribution is 6.30. The number of alkyl halides is 1. The lowest BCUT2D eigenvalue weighted by atomic mass is 9.96. The number of piperazine rings is 1. The number of rotatable bonds is 6. The Morgan fingerprint density at radius 2 is 1.88 bits per heavy atom. The Hall–Kier alpha value is -2.25. The summed E-state index contributed by atoms with van der Waals surface area (Å²) < 4.78 is 14.3. The maximum absolute atomic E-state index is 14.3. The lowest BCUT2D eigenvalue weighted by molar-refractivity contribution is -0.133. The zero-order valence-corrected chi connectivity index (χ0v) is 19.6. The van der Waals surface area contributed by atoms with Crippen LogP contribution in [0.2, 0.25) is 5.02 Å². The van der Waals surface area contributed by atoms with Gasteiger partial charge in [-0.2, -0.15) is 0 Å². The van der Waals surface area contributed by atoms with Gasteiger partial charge in [0.2, 0.25) is 5.91 Å². The summed E-state index contributed by atoms with van der Waals surface area (Å²) in [6.45, 7) is 9.31. The molecule has 1 fully saturated rings. The molecule has 0 saturated carbocycles. The molecule has 3 atom stereocenters. The van der Waals surface area contributed by atoms with E-state index in [-0.39, 0.29) is 23.8 Å². The lowest BCUT2D eigenvalue weighted by Crippen LogP contribution is -2.51. The van der Waals surface area contributed by atoms with E-state index in [1.54, 1.807) is 0 Å². The molecule has 172 valence electrons. The van der Waals surface area contributed by atoms with Gasteiger partial charge >= 0.3 is 0 Å². The molecule has 1 aliphatic carbocycles. The molecule has 32 heavy (non-hydrogen) atoms. The number of benzene rings is 1. The van der Waals surface area contributed by atoms with E-state index in [1.807, 2.05) is 36.1 Å². The minimum absolute atomic E-state index is 0.104. The summed E-state index contributed by atoms with van der Waals surface area (Å²) in [6, 6.07) is 7.82. The molecule has 1 aliphatic heterocycles. The first kappa shape index (κ1) is 22.9. The van der Waals surface area contributed by atoms with E-state index in [9.17, 15) is 9.18 Å². The number of hydrogen-bond acceptors (Lipinski definition) is 5. The number of nitrogens with zero attached hydrogens (tertiary/aromatic N) is 4. The Balaban J connectivity index is 1.47. The molecule has 0 spiro atoms. The van der Waals surface area contributed by atoms with Gasteiger partial charge in [-0.25, -0.2) is 14.4 Å². The lowest BCUT2D eigenvalue weighted by Gasteiger charge is -2.38. The second-order valence-corrected chi connectivity index (χ2v) is 9.52. The van der Waals surface area contributed by atoms with E-state index in [0.29, 0.717) is 49.9 Å². The Labute approximate surface area is 194 Å². The van der Waals surface area contributed by atoms with Gasteiger partial charge in [-0.05, 0) is 30.0 Å². The molecule has 0 radical (unpaired) electrons. The molecule has 1 aromatic heterocycles. The van der Waals surface area contributed by atoms with Gasteiger partial charge in [0.25, 0.3) is 0 Å². The van der Waals surface area contributed by atoms with Crippen LogP contribution in [0.25, 0.3) is 0 Å². The second kappa shape index (κ2) is 9.71. The molecule has 8 heteroatoms. The summed E-state index contributed by atoms with van der Waals surface area (Å²) in [5, 5.41) is 4.07. The smallest absolute Gasteiger partial charge is 0.231 e.